The summed E-state index contributed by atoms with van der Waals surface area (Å²) < 4.78 is 0. The minimum Gasteiger partial charge on any atom is -0.398 e. The van der Waals surface area contributed by atoms with Crippen LogP contribution in [0, 0.1) is 5.92 Å². The molecule has 90 valence electrons. The largest absolute Gasteiger partial charge is 0.398 e. The summed E-state index contributed by atoms with van der Waals surface area (Å²) in [4.78, 5) is 24.8. The van der Waals surface area contributed by atoms with Gasteiger partial charge in [0.05, 0.1) is 5.69 Å². The lowest BCUT2D eigenvalue weighted by Crippen LogP contribution is -2.30. The van der Waals surface area contributed by atoms with Crippen molar-refractivity contribution in [2.24, 2.45) is 5.92 Å². The lowest BCUT2D eigenvalue weighted by Gasteiger charge is -2.16. The number of carbonyl (C=O) groups is 2. The summed E-state index contributed by atoms with van der Waals surface area (Å²) >= 11 is 0. The monoisotopic (exact) mass is 232 g/mol. The first-order chi connectivity index (χ1) is 8.04. The fourth-order valence-electron chi connectivity index (χ4n) is 2.10. The van der Waals surface area contributed by atoms with Crippen molar-refractivity contribution in [1.29, 1.82) is 0 Å². The van der Waals surface area contributed by atoms with E-state index in [1.165, 1.54) is 4.90 Å². The van der Waals surface area contributed by atoms with Crippen LogP contribution in [0.3, 0.4) is 0 Å². The number of imide groups is 1. The van der Waals surface area contributed by atoms with Crippen LogP contribution in [0.5, 0.6) is 0 Å². The van der Waals surface area contributed by atoms with Gasteiger partial charge in [-0.05, 0) is 24.1 Å². The molecule has 0 spiro atoms. The molecule has 4 heteroatoms. The van der Waals surface area contributed by atoms with Crippen molar-refractivity contribution in [3.8, 4) is 0 Å². The normalized spacial score (nSPS) is 20.1. The van der Waals surface area contributed by atoms with Gasteiger partial charge >= 0.3 is 0 Å². The Balaban J connectivity index is 2.38. The van der Waals surface area contributed by atoms with Gasteiger partial charge < -0.3 is 5.73 Å². The highest BCUT2D eigenvalue weighted by Crippen LogP contribution is 2.28. The summed E-state index contributed by atoms with van der Waals surface area (Å²) in [5.41, 5.74) is 8.12. The van der Waals surface area contributed by atoms with Crippen molar-refractivity contribution in [1.82, 2.24) is 0 Å². The van der Waals surface area contributed by atoms with E-state index < -0.39 is 0 Å². The molecule has 1 unspecified atom stereocenters. The predicted molar refractivity (Wildman–Crippen MR) is 66.5 cm³/mol. The molecule has 1 fully saturated rings. The molecule has 0 aromatic heterocycles. The highest BCUT2D eigenvalue weighted by Gasteiger charge is 2.36. The van der Waals surface area contributed by atoms with Gasteiger partial charge in [0.25, 0.3) is 0 Å². The zero-order valence-corrected chi connectivity index (χ0v) is 10.1. The smallest absolute Gasteiger partial charge is 0.237 e. The minimum absolute atomic E-state index is 0.140. The topological polar surface area (TPSA) is 63.4 Å². The fourth-order valence-corrected chi connectivity index (χ4v) is 2.10. The Kier molecular flexibility index (Phi) is 2.88. The zero-order valence-electron chi connectivity index (χ0n) is 10.1. The van der Waals surface area contributed by atoms with E-state index in [-0.39, 0.29) is 24.2 Å². The molecule has 1 atom stereocenters. The summed E-state index contributed by atoms with van der Waals surface area (Å²) in [6, 6.07) is 5.35. The molecule has 2 N–H and O–H groups in total. The van der Waals surface area contributed by atoms with Crippen LogP contribution >= 0.6 is 0 Å². The number of nitrogens with two attached hydrogens (primary N) is 1. The fraction of sp³-hybridized carbons (Fsp3) is 0.385. The Morgan fingerprint density at radius 2 is 2.12 bits per heavy atom. The minimum atomic E-state index is -0.227. The van der Waals surface area contributed by atoms with Gasteiger partial charge in [0, 0.05) is 18.0 Å². The summed E-state index contributed by atoms with van der Waals surface area (Å²) in [5, 5.41) is 0. The molecular weight excluding hydrogens is 216 g/mol. The average molecular weight is 232 g/mol. The van der Waals surface area contributed by atoms with Gasteiger partial charge in [-0.1, -0.05) is 19.9 Å². The van der Waals surface area contributed by atoms with Crippen LogP contribution in [-0.2, 0) is 16.0 Å². The van der Waals surface area contributed by atoms with Gasteiger partial charge in [-0.15, -0.1) is 0 Å². The highest BCUT2D eigenvalue weighted by atomic mass is 16.2. The Bertz CT molecular complexity index is 482. The number of benzene rings is 1. The lowest BCUT2D eigenvalue weighted by atomic mass is 10.1. The molecular formula is C13H16N2O2. The van der Waals surface area contributed by atoms with Crippen LogP contribution < -0.4 is 10.6 Å². The SMILES string of the molecule is CCc1ccc(N2C(=O)CC(C)C2=O)cc1N. The van der Waals surface area contributed by atoms with Gasteiger partial charge in [-0.2, -0.15) is 0 Å². The number of rotatable bonds is 2. The third-order valence-electron chi connectivity index (χ3n) is 3.14. The van der Waals surface area contributed by atoms with Crippen molar-refractivity contribution >= 4 is 23.2 Å². The number of nitrogens with zero attached hydrogens (tertiary/aromatic N) is 1. The van der Waals surface area contributed by atoms with Crippen LogP contribution in [0.2, 0.25) is 0 Å². The molecule has 2 rings (SSSR count). The molecule has 0 saturated carbocycles. The maximum Gasteiger partial charge on any atom is 0.237 e. The number of hydrogen-bond acceptors (Lipinski definition) is 3. The van der Waals surface area contributed by atoms with E-state index in [0.717, 1.165) is 12.0 Å². The molecule has 1 saturated heterocycles. The van der Waals surface area contributed by atoms with Gasteiger partial charge in [0.2, 0.25) is 11.8 Å². The van der Waals surface area contributed by atoms with E-state index in [1.54, 1.807) is 19.1 Å². The number of amides is 2. The van der Waals surface area contributed by atoms with E-state index in [0.29, 0.717) is 11.4 Å². The first-order valence-corrected chi connectivity index (χ1v) is 5.79. The third-order valence-corrected chi connectivity index (χ3v) is 3.14. The molecule has 0 radical (unpaired) electrons. The van der Waals surface area contributed by atoms with Crippen molar-refractivity contribution < 1.29 is 9.59 Å². The van der Waals surface area contributed by atoms with Crippen molar-refractivity contribution in [2.45, 2.75) is 26.7 Å². The molecule has 2 amide bonds. The van der Waals surface area contributed by atoms with Crippen LogP contribution in [-0.4, -0.2) is 11.8 Å². The second kappa shape index (κ2) is 4.20. The Labute approximate surface area is 100 Å². The van der Waals surface area contributed by atoms with E-state index in [1.807, 2.05) is 13.0 Å². The quantitative estimate of drug-likeness (QED) is 0.624. The molecule has 17 heavy (non-hydrogen) atoms. The van der Waals surface area contributed by atoms with E-state index in [4.69, 9.17) is 5.73 Å². The second-order valence-electron chi connectivity index (χ2n) is 4.41. The molecule has 1 aliphatic heterocycles. The van der Waals surface area contributed by atoms with Crippen LogP contribution in [0.25, 0.3) is 0 Å². The summed E-state index contributed by atoms with van der Waals surface area (Å²) in [7, 11) is 0. The molecule has 4 nitrogen and oxygen atoms in total. The Hall–Kier alpha value is -1.84. The predicted octanol–water partition coefficient (Wildman–Crippen LogP) is 1.73. The maximum atomic E-state index is 11.8. The van der Waals surface area contributed by atoms with Crippen molar-refractivity contribution in [2.75, 3.05) is 10.6 Å². The maximum absolute atomic E-state index is 11.8. The summed E-state index contributed by atoms with van der Waals surface area (Å²) in [6.07, 6.45) is 1.12. The van der Waals surface area contributed by atoms with Crippen LogP contribution in [0.1, 0.15) is 25.8 Å². The van der Waals surface area contributed by atoms with E-state index >= 15 is 0 Å². The third kappa shape index (κ3) is 1.90. The number of anilines is 2. The molecule has 1 aromatic rings. The Morgan fingerprint density at radius 1 is 1.41 bits per heavy atom. The first kappa shape index (κ1) is 11.6. The molecule has 0 bridgehead atoms. The number of carbonyl (C=O) groups excluding carboxylic acids is 2. The number of hydrogen-bond donors (Lipinski definition) is 1. The first-order valence-electron chi connectivity index (χ1n) is 5.79. The summed E-state index contributed by atoms with van der Waals surface area (Å²) in [5.74, 6) is -0.514. The van der Waals surface area contributed by atoms with Crippen molar-refractivity contribution in [3.63, 3.8) is 0 Å². The zero-order chi connectivity index (χ0) is 12.6. The molecule has 1 aliphatic rings. The van der Waals surface area contributed by atoms with Crippen molar-refractivity contribution in [3.05, 3.63) is 23.8 Å². The highest BCUT2D eigenvalue weighted by molar-refractivity contribution is 6.20. The van der Waals surface area contributed by atoms with Gasteiger partial charge in [0.15, 0.2) is 0 Å². The molecule has 1 aromatic carbocycles. The van der Waals surface area contributed by atoms with E-state index in [9.17, 15) is 9.59 Å². The van der Waals surface area contributed by atoms with Crippen LogP contribution in [0.4, 0.5) is 11.4 Å². The standard InChI is InChI=1S/C13H16N2O2/c1-3-9-4-5-10(7-11(9)14)15-12(16)6-8(2)13(15)17/h4-5,7-8H,3,6,14H2,1-2H3. The molecule has 1 heterocycles. The van der Waals surface area contributed by atoms with Gasteiger partial charge in [-0.3, -0.25) is 14.5 Å². The number of aryl methyl sites for hydroxylation is 1. The summed E-state index contributed by atoms with van der Waals surface area (Å²) in [6.45, 7) is 3.78. The van der Waals surface area contributed by atoms with E-state index in [2.05, 4.69) is 0 Å². The molecule has 0 aliphatic carbocycles. The lowest BCUT2D eigenvalue weighted by molar-refractivity contribution is -0.122. The second-order valence-corrected chi connectivity index (χ2v) is 4.41. The Morgan fingerprint density at radius 3 is 2.59 bits per heavy atom. The number of nitrogen functional groups attached to an aromatic ring is 1. The van der Waals surface area contributed by atoms with Gasteiger partial charge in [-0.25, -0.2) is 0 Å². The average Bonchev–Trinajstić information content (AvgIpc) is 2.53. The van der Waals surface area contributed by atoms with Crippen LogP contribution in [0.15, 0.2) is 18.2 Å². The van der Waals surface area contributed by atoms with Gasteiger partial charge in [0.1, 0.15) is 0 Å².